The molecule has 0 spiro atoms. The summed E-state index contributed by atoms with van der Waals surface area (Å²) >= 11 is 11.4. The second-order valence-corrected chi connectivity index (χ2v) is 12.9. The molecular weight excluding hydrogens is 691 g/mol. The summed E-state index contributed by atoms with van der Waals surface area (Å²) in [5.74, 6) is -0.231. The number of unbranched alkanes of at least 4 members (excludes halogenated alkanes) is 1. The lowest BCUT2D eigenvalue weighted by molar-refractivity contribution is -0.132. The largest absolute Gasteiger partial charge is 0.444 e. The fourth-order valence-electron chi connectivity index (χ4n) is 4.45. The highest BCUT2D eigenvalue weighted by Gasteiger charge is 2.21. The van der Waals surface area contributed by atoms with Gasteiger partial charge in [0.2, 0.25) is 18.2 Å². The van der Waals surface area contributed by atoms with Crippen molar-refractivity contribution in [1.29, 1.82) is 0 Å². The summed E-state index contributed by atoms with van der Waals surface area (Å²) in [5.41, 5.74) is 3.36. The van der Waals surface area contributed by atoms with E-state index < -0.39 is 5.60 Å². The summed E-state index contributed by atoms with van der Waals surface area (Å²) in [6, 6.07) is 22.1. The van der Waals surface area contributed by atoms with Crippen molar-refractivity contribution < 1.29 is 28.7 Å². The van der Waals surface area contributed by atoms with Gasteiger partial charge in [0.25, 0.3) is 0 Å². The standard InChI is InChI=1S/C19H19NO2.C9H8Cl2N2O2.C9H19NO2.C2H6/c21-18(16-7-2-1-3-8-16)10-11-19(22)20-13-12-15-6-4-5-9-17(15)14-20;10-7-2-1-6(3-8(7)11)13-9(15)4-12-5-14;1-5-6-7-10-8(11)12-9(2,3)4;1-2/h1-9H,10-14H2;1-3,5H,4H2,(H,12,14)(H,13,15);5-7H2,1-4H3,(H,10,11);1-2H3. The number of amides is 4. The van der Waals surface area contributed by atoms with Crippen molar-refractivity contribution in [3.63, 3.8) is 0 Å². The number of carbonyl (C=O) groups is 5. The van der Waals surface area contributed by atoms with Crippen molar-refractivity contribution in [1.82, 2.24) is 15.5 Å². The van der Waals surface area contributed by atoms with Crippen LogP contribution in [0.2, 0.25) is 10.0 Å². The molecule has 1 aliphatic heterocycles. The molecule has 12 heteroatoms. The molecule has 0 atom stereocenters. The van der Waals surface area contributed by atoms with Gasteiger partial charge in [-0.15, -0.1) is 0 Å². The topological polar surface area (TPSA) is 134 Å². The lowest BCUT2D eigenvalue weighted by Crippen LogP contribution is -2.36. The number of nitrogens with zero attached hydrogens (tertiary/aromatic N) is 1. The minimum Gasteiger partial charge on any atom is -0.444 e. The minimum absolute atomic E-state index is 0.0337. The molecule has 0 bridgehead atoms. The number of anilines is 1. The molecule has 0 aliphatic carbocycles. The van der Waals surface area contributed by atoms with Crippen LogP contribution in [0.15, 0.2) is 72.8 Å². The Balaban J connectivity index is 0.000000394. The van der Waals surface area contributed by atoms with Gasteiger partial charge in [0.05, 0.1) is 16.6 Å². The maximum atomic E-state index is 12.3. The van der Waals surface area contributed by atoms with Crippen LogP contribution in [0, 0.1) is 0 Å². The molecule has 1 heterocycles. The summed E-state index contributed by atoms with van der Waals surface area (Å²) in [4.78, 5) is 58.3. The molecule has 10 nitrogen and oxygen atoms in total. The number of Topliss-reactive ketones (excluding diaryl/α,β-unsaturated/α-hetero) is 1. The number of benzene rings is 3. The van der Waals surface area contributed by atoms with Crippen LogP contribution in [0.3, 0.4) is 0 Å². The Morgan fingerprint density at radius 3 is 2.14 bits per heavy atom. The second kappa shape index (κ2) is 24.7. The lowest BCUT2D eigenvalue weighted by atomic mass is 9.99. The van der Waals surface area contributed by atoms with Gasteiger partial charge < -0.3 is 25.6 Å². The van der Waals surface area contributed by atoms with E-state index in [0.29, 0.717) is 40.8 Å². The van der Waals surface area contributed by atoms with Crippen molar-refractivity contribution in [2.75, 3.05) is 25.0 Å². The number of ketones is 1. The van der Waals surface area contributed by atoms with Crippen LogP contribution in [-0.4, -0.2) is 60.2 Å². The third-order valence-electron chi connectivity index (χ3n) is 6.89. The van der Waals surface area contributed by atoms with E-state index in [1.165, 1.54) is 17.2 Å². The first-order valence-corrected chi connectivity index (χ1v) is 17.9. The number of rotatable bonds is 11. The number of fused-ring (bicyclic) bond motifs is 1. The normalized spacial score (nSPS) is 11.3. The number of hydrogen-bond donors (Lipinski definition) is 3. The highest BCUT2D eigenvalue weighted by atomic mass is 35.5. The van der Waals surface area contributed by atoms with E-state index in [1.807, 2.05) is 69.9 Å². The molecule has 51 heavy (non-hydrogen) atoms. The maximum absolute atomic E-state index is 12.3. The smallest absolute Gasteiger partial charge is 0.407 e. The summed E-state index contributed by atoms with van der Waals surface area (Å²) in [7, 11) is 0. The molecule has 278 valence electrons. The van der Waals surface area contributed by atoms with E-state index in [1.54, 1.807) is 24.3 Å². The quantitative estimate of drug-likeness (QED) is 0.103. The Labute approximate surface area is 312 Å². The lowest BCUT2D eigenvalue weighted by Gasteiger charge is -2.28. The number of alkyl carbamates (subject to hydrolysis) is 1. The van der Waals surface area contributed by atoms with Crippen LogP contribution in [-0.2, 0) is 32.1 Å². The van der Waals surface area contributed by atoms with Gasteiger partial charge >= 0.3 is 6.09 Å². The Morgan fingerprint density at radius 2 is 1.53 bits per heavy atom. The molecule has 0 unspecified atom stereocenters. The van der Waals surface area contributed by atoms with E-state index in [4.69, 9.17) is 27.9 Å². The van der Waals surface area contributed by atoms with E-state index in [0.717, 1.165) is 25.8 Å². The summed E-state index contributed by atoms with van der Waals surface area (Å²) in [5, 5.41) is 8.24. The fourth-order valence-corrected chi connectivity index (χ4v) is 4.75. The van der Waals surface area contributed by atoms with Crippen LogP contribution in [0.1, 0.15) is 88.7 Å². The number of ether oxygens (including phenoxy) is 1. The number of nitrogens with one attached hydrogen (secondary N) is 3. The number of hydrogen-bond acceptors (Lipinski definition) is 6. The molecule has 3 N–H and O–H groups in total. The van der Waals surface area contributed by atoms with Gasteiger partial charge in [-0.1, -0.05) is 105 Å². The zero-order valence-corrected chi connectivity index (χ0v) is 32.0. The number of halogens is 2. The van der Waals surface area contributed by atoms with Gasteiger partial charge in [-0.3, -0.25) is 19.2 Å². The summed E-state index contributed by atoms with van der Waals surface area (Å²) in [6.07, 6.45) is 3.67. The molecular formula is C39H52Cl2N4O6. The molecule has 1 aliphatic rings. The van der Waals surface area contributed by atoms with Gasteiger partial charge in [0, 0.05) is 43.7 Å². The highest BCUT2D eigenvalue weighted by molar-refractivity contribution is 6.42. The predicted molar refractivity (Wildman–Crippen MR) is 205 cm³/mol. The molecule has 0 radical (unpaired) electrons. The highest BCUT2D eigenvalue weighted by Crippen LogP contribution is 2.25. The molecule has 0 saturated carbocycles. The monoisotopic (exact) mass is 742 g/mol. The molecule has 0 fully saturated rings. The van der Waals surface area contributed by atoms with E-state index in [-0.39, 0.29) is 43.1 Å². The number of carbonyl (C=O) groups excluding carboxylic acids is 5. The Morgan fingerprint density at radius 1 is 0.882 bits per heavy atom. The van der Waals surface area contributed by atoms with Gasteiger partial charge in [-0.05, 0) is 62.9 Å². The first-order chi connectivity index (χ1) is 24.3. The molecule has 0 saturated heterocycles. The minimum atomic E-state index is -0.393. The van der Waals surface area contributed by atoms with Crippen molar-refractivity contribution in [3.8, 4) is 0 Å². The first kappa shape index (κ1) is 44.6. The van der Waals surface area contributed by atoms with Crippen LogP contribution in [0.5, 0.6) is 0 Å². The molecule has 4 amide bonds. The van der Waals surface area contributed by atoms with Crippen LogP contribution >= 0.6 is 23.2 Å². The third-order valence-corrected chi connectivity index (χ3v) is 7.63. The van der Waals surface area contributed by atoms with Crippen molar-refractivity contribution in [2.45, 2.75) is 85.8 Å². The third kappa shape index (κ3) is 19.0. The van der Waals surface area contributed by atoms with E-state index in [2.05, 4.69) is 35.0 Å². The molecule has 3 aromatic rings. The van der Waals surface area contributed by atoms with Crippen LogP contribution in [0.4, 0.5) is 10.5 Å². The zero-order chi connectivity index (χ0) is 38.2. The van der Waals surface area contributed by atoms with E-state index >= 15 is 0 Å². The fraction of sp³-hybridized carbons (Fsp3) is 0.410. The van der Waals surface area contributed by atoms with E-state index in [9.17, 15) is 24.0 Å². The average molecular weight is 744 g/mol. The van der Waals surface area contributed by atoms with Crippen molar-refractivity contribution >= 4 is 59.0 Å². The van der Waals surface area contributed by atoms with Gasteiger partial charge in [0.1, 0.15) is 5.60 Å². The second-order valence-electron chi connectivity index (χ2n) is 12.1. The van der Waals surface area contributed by atoms with Crippen molar-refractivity contribution in [3.05, 3.63) is 99.5 Å². The average Bonchev–Trinajstić information content (AvgIpc) is 3.12. The summed E-state index contributed by atoms with van der Waals surface area (Å²) < 4.78 is 5.03. The SMILES string of the molecule is CC.CCCCNC(=O)OC(C)(C)C.O=C(CCC(=O)N1CCc2ccccc2C1)c1ccccc1.O=CNCC(=O)Nc1ccc(Cl)c(Cl)c1. The van der Waals surface area contributed by atoms with Crippen LogP contribution < -0.4 is 16.0 Å². The summed E-state index contributed by atoms with van der Waals surface area (Å²) in [6.45, 7) is 13.7. The Bertz CT molecular complexity index is 1530. The predicted octanol–water partition coefficient (Wildman–Crippen LogP) is 8.25. The molecule has 0 aromatic heterocycles. The zero-order valence-electron chi connectivity index (χ0n) is 30.5. The van der Waals surface area contributed by atoms with Gasteiger partial charge in [-0.25, -0.2) is 4.79 Å². The Hall–Kier alpha value is -4.41. The Kier molecular flexibility index (Phi) is 21.6. The first-order valence-electron chi connectivity index (χ1n) is 17.1. The van der Waals surface area contributed by atoms with Gasteiger partial charge in [0.15, 0.2) is 5.78 Å². The molecule has 3 aromatic carbocycles. The maximum Gasteiger partial charge on any atom is 0.407 e. The van der Waals surface area contributed by atoms with Gasteiger partial charge in [-0.2, -0.15) is 0 Å². The van der Waals surface area contributed by atoms with Crippen LogP contribution in [0.25, 0.3) is 0 Å². The molecule has 4 rings (SSSR count). The van der Waals surface area contributed by atoms with Crippen molar-refractivity contribution in [2.24, 2.45) is 0 Å².